The molecule has 5 nitrogen and oxygen atoms in total. The van der Waals surface area contributed by atoms with Crippen molar-refractivity contribution >= 4 is 29.9 Å². The minimum absolute atomic E-state index is 0. The summed E-state index contributed by atoms with van der Waals surface area (Å²) in [5.74, 6) is 1.60. The summed E-state index contributed by atoms with van der Waals surface area (Å²) in [7, 11) is 3.42. The SMILES string of the molecule is CN=C(NCCOCc1ccccc1)NCc1cccc(OC)c1.I. The first-order chi connectivity index (χ1) is 11.8. The highest BCUT2D eigenvalue weighted by Crippen LogP contribution is 2.11. The van der Waals surface area contributed by atoms with Gasteiger partial charge in [-0.05, 0) is 23.3 Å². The molecule has 0 fully saturated rings. The van der Waals surface area contributed by atoms with Gasteiger partial charge >= 0.3 is 0 Å². The number of benzene rings is 2. The molecule has 2 aromatic carbocycles. The normalized spacial score (nSPS) is 10.7. The number of methoxy groups -OCH3 is 1. The van der Waals surface area contributed by atoms with Gasteiger partial charge < -0.3 is 20.1 Å². The molecule has 6 heteroatoms. The van der Waals surface area contributed by atoms with Crippen molar-refractivity contribution in [3.05, 3.63) is 65.7 Å². The Morgan fingerprint density at radius 1 is 1.00 bits per heavy atom. The highest BCUT2D eigenvalue weighted by molar-refractivity contribution is 14.0. The van der Waals surface area contributed by atoms with Gasteiger partial charge in [0.1, 0.15) is 5.75 Å². The maximum Gasteiger partial charge on any atom is 0.191 e. The largest absolute Gasteiger partial charge is 0.497 e. The summed E-state index contributed by atoms with van der Waals surface area (Å²) in [6, 6.07) is 18.1. The Bertz CT molecular complexity index is 636. The Balaban J connectivity index is 0.00000312. The van der Waals surface area contributed by atoms with Crippen LogP contribution in [0.4, 0.5) is 0 Å². The maximum absolute atomic E-state index is 5.65. The van der Waals surface area contributed by atoms with Crippen LogP contribution in [0.5, 0.6) is 5.75 Å². The number of nitrogens with zero attached hydrogens (tertiary/aromatic N) is 1. The summed E-state index contributed by atoms with van der Waals surface area (Å²) >= 11 is 0. The van der Waals surface area contributed by atoms with Crippen LogP contribution in [0.25, 0.3) is 0 Å². The second kappa shape index (κ2) is 12.5. The van der Waals surface area contributed by atoms with E-state index in [0.29, 0.717) is 26.3 Å². The number of guanidine groups is 1. The van der Waals surface area contributed by atoms with E-state index in [1.807, 2.05) is 42.5 Å². The van der Waals surface area contributed by atoms with E-state index < -0.39 is 0 Å². The van der Waals surface area contributed by atoms with E-state index in [1.165, 1.54) is 5.56 Å². The van der Waals surface area contributed by atoms with Crippen molar-refractivity contribution in [1.29, 1.82) is 0 Å². The van der Waals surface area contributed by atoms with Gasteiger partial charge in [-0.3, -0.25) is 4.99 Å². The molecule has 0 unspecified atom stereocenters. The van der Waals surface area contributed by atoms with E-state index in [1.54, 1.807) is 14.2 Å². The molecule has 0 amide bonds. The van der Waals surface area contributed by atoms with Crippen LogP contribution in [-0.2, 0) is 17.9 Å². The van der Waals surface area contributed by atoms with Crippen LogP contribution in [0.15, 0.2) is 59.6 Å². The number of hydrogen-bond acceptors (Lipinski definition) is 3. The quantitative estimate of drug-likeness (QED) is 0.278. The number of hydrogen-bond donors (Lipinski definition) is 2. The highest BCUT2D eigenvalue weighted by Gasteiger charge is 2.00. The van der Waals surface area contributed by atoms with Crippen LogP contribution in [0.3, 0.4) is 0 Å². The van der Waals surface area contributed by atoms with E-state index in [0.717, 1.165) is 17.3 Å². The summed E-state index contributed by atoms with van der Waals surface area (Å²) < 4.78 is 10.9. The van der Waals surface area contributed by atoms with E-state index in [4.69, 9.17) is 9.47 Å². The van der Waals surface area contributed by atoms with E-state index >= 15 is 0 Å². The summed E-state index contributed by atoms with van der Waals surface area (Å²) in [6.07, 6.45) is 0. The molecule has 0 saturated heterocycles. The summed E-state index contributed by atoms with van der Waals surface area (Å²) in [5, 5.41) is 6.51. The topological polar surface area (TPSA) is 54.9 Å². The number of halogens is 1. The van der Waals surface area contributed by atoms with E-state index in [2.05, 4.69) is 27.8 Å². The molecule has 0 saturated carbocycles. The monoisotopic (exact) mass is 455 g/mol. The Hall–Kier alpha value is -1.80. The molecule has 0 radical (unpaired) electrons. The van der Waals surface area contributed by atoms with Crippen molar-refractivity contribution < 1.29 is 9.47 Å². The molecule has 2 aromatic rings. The second-order valence-corrected chi connectivity index (χ2v) is 5.24. The van der Waals surface area contributed by atoms with Gasteiger partial charge in [0, 0.05) is 20.1 Å². The molecule has 25 heavy (non-hydrogen) atoms. The Kier molecular flexibility index (Phi) is 10.7. The maximum atomic E-state index is 5.65. The molecule has 2 rings (SSSR count). The zero-order chi connectivity index (χ0) is 17.0. The zero-order valence-electron chi connectivity index (χ0n) is 14.7. The third-order valence-electron chi connectivity index (χ3n) is 3.47. The Labute approximate surface area is 166 Å². The van der Waals surface area contributed by atoms with Crippen molar-refractivity contribution in [3.8, 4) is 5.75 Å². The van der Waals surface area contributed by atoms with Crippen molar-refractivity contribution in [3.63, 3.8) is 0 Å². The van der Waals surface area contributed by atoms with Gasteiger partial charge in [0.05, 0.1) is 20.3 Å². The van der Waals surface area contributed by atoms with E-state index in [9.17, 15) is 0 Å². The minimum atomic E-state index is 0. The highest BCUT2D eigenvalue weighted by atomic mass is 127. The fraction of sp³-hybridized carbons (Fsp3) is 0.316. The first-order valence-corrected chi connectivity index (χ1v) is 8.01. The van der Waals surface area contributed by atoms with Gasteiger partial charge in [-0.15, -0.1) is 24.0 Å². The summed E-state index contributed by atoms with van der Waals surface area (Å²) in [4.78, 5) is 4.21. The number of nitrogens with one attached hydrogen (secondary N) is 2. The molecule has 2 N–H and O–H groups in total. The number of aliphatic imine (C=N–C) groups is 1. The van der Waals surface area contributed by atoms with Crippen LogP contribution in [0.1, 0.15) is 11.1 Å². The summed E-state index contributed by atoms with van der Waals surface area (Å²) in [6.45, 7) is 2.62. The summed E-state index contributed by atoms with van der Waals surface area (Å²) in [5.41, 5.74) is 2.32. The van der Waals surface area contributed by atoms with Crippen molar-refractivity contribution in [1.82, 2.24) is 10.6 Å². The first kappa shape index (κ1) is 21.2. The van der Waals surface area contributed by atoms with Crippen LogP contribution in [0.2, 0.25) is 0 Å². The second-order valence-electron chi connectivity index (χ2n) is 5.24. The lowest BCUT2D eigenvalue weighted by molar-refractivity contribution is 0.125. The average Bonchev–Trinajstić information content (AvgIpc) is 2.65. The van der Waals surface area contributed by atoms with Gasteiger partial charge in [-0.2, -0.15) is 0 Å². The van der Waals surface area contributed by atoms with Gasteiger partial charge in [0.15, 0.2) is 5.96 Å². The van der Waals surface area contributed by atoms with E-state index in [-0.39, 0.29) is 24.0 Å². The smallest absolute Gasteiger partial charge is 0.191 e. The lowest BCUT2D eigenvalue weighted by Crippen LogP contribution is -2.38. The molecule has 0 aliphatic heterocycles. The number of rotatable bonds is 8. The molecule has 0 atom stereocenters. The molecule has 0 aliphatic carbocycles. The predicted octanol–water partition coefficient (Wildman–Crippen LogP) is 3.20. The van der Waals surface area contributed by atoms with Crippen molar-refractivity contribution in [2.75, 3.05) is 27.3 Å². The van der Waals surface area contributed by atoms with Crippen LogP contribution >= 0.6 is 24.0 Å². The predicted molar refractivity (Wildman–Crippen MR) is 113 cm³/mol. The van der Waals surface area contributed by atoms with Crippen LogP contribution in [-0.4, -0.2) is 33.3 Å². The molecule has 0 bridgehead atoms. The third kappa shape index (κ3) is 8.22. The van der Waals surface area contributed by atoms with Gasteiger partial charge in [0.25, 0.3) is 0 Å². The molecule has 0 aliphatic rings. The van der Waals surface area contributed by atoms with Crippen LogP contribution < -0.4 is 15.4 Å². The number of ether oxygens (including phenoxy) is 2. The third-order valence-corrected chi connectivity index (χ3v) is 3.47. The Morgan fingerprint density at radius 3 is 2.48 bits per heavy atom. The molecule has 136 valence electrons. The lowest BCUT2D eigenvalue weighted by Gasteiger charge is -2.12. The first-order valence-electron chi connectivity index (χ1n) is 8.01. The van der Waals surface area contributed by atoms with Crippen molar-refractivity contribution in [2.45, 2.75) is 13.2 Å². The molecule has 0 heterocycles. The van der Waals surface area contributed by atoms with Gasteiger partial charge in [0.2, 0.25) is 0 Å². The fourth-order valence-corrected chi connectivity index (χ4v) is 2.19. The van der Waals surface area contributed by atoms with Crippen LogP contribution in [0, 0.1) is 0 Å². The van der Waals surface area contributed by atoms with Gasteiger partial charge in [-0.1, -0.05) is 42.5 Å². The van der Waals surface area contributed by atoms with Crippen molar-refractivity contribution in [2.24, 2.45) is 4.99 Å². The van der Waals surface area contributed by atoms with Gasteiger partial charge in [-0.25, -0.2) is 0 Å². The lowest BCUT2D eigenvalue weighted by atomic mass is 10.2. The Morgan fingerprint density at radius 2 is 1.76 bits per heavy atom. The molecular weight excluding hydrogens is 429 g/mol. The standard InChI is InChI=1S/C19H25N3O2.HI/c1-20-19(22-14-17-9-6-10-18(13-17)23-2)21-11-12-24-15-16-7-4-3-5-8-16;/h3-10,13H,11-12,14-15H2,1-2H3,(H2,20,21,22);1H. The average molecular weight is 455 g/mol. The molecule has 0 aromatic heterocycles. The zero-order valence-corrected chi connectivity index (χ0v) is 17.0. The molecule has 0 spiro atoms. The molecular formula is C19H26IN3O2. The minimum Gasteiger partial charge on any atom is -0.497 e. The fourth-order valence-electron chi connectivity index (χ4n) is 2.19.